The molecule has 3 aliphatic rings. The van der Waals surface area contributed by atoms with Crippen LogP contribution in [0.1, 0.15) is 49.7 Å². The second-order valence-corrected chi connectivity index (χ2v) is 13.8. The average Bonchev–Trinajstić information content (AvgIpc) is 4.05. The molecule has 0 saturated carbocycles. The molecule has 6 heteroatoms. The van der Waals surface area contributed by atoms with E-state index in [1.165, 1.54) is 0 Å². The first-order chi connectivity index (χ1) is 25.6. The fourth-order valence-electron chi connectivity index (χ4n) is 8.22. The average molecular weight is 691 g/mol. The van der Waals surface area contributed by atoms with Crippen molar-refractivity contribution in [2.24, 2.45) is 4.99 Å². The highest BCUT2D eigenvalue weighted by molar-refractivity contribution is 6.34. The summed E-state index contributed by atoms with van der Waals surface area (Å²) in [4.78, 5) is 27.4. The highest BCUT2D eigenvalue weighted by Crippen LogP contribution is 2.50. The van der Waals surface area contributed by atoms with E-state index in [4.69, 9.17) is 16.6 Å². The third-order valence-electron chi connectivity index (χ3n) is 10.5. The van der Waals surface area contributed by atoms with E-state index in [-0.39, 0.29) is 5.91 Å². The molecule has 0 spiro atoms. The van der Waals surface area contributed by atoms with Gasteiger partial charge in [-0.05, 0) is 64.7 Å². The number of allylic oxidation sites excluding steroid dienone is 2. The number of alkyl halides is 1. The van der Waals surface area contributed by atoms with Gasteiger partial charge in [0.25, 0.3) is 5.91 Å². The topological polar surface area (TPSA) is 65.9 Å². The Balaban J connectivity index is 1.38. The number of hydrogen-bond acceptors (Lipinski definition) is 2. The number of nitrogens with one attached hydrogen (secondary N) is 2. The molecule has 6 heterocycles. The zero-order valence-electron chi connectivity index (χ0n) is 27.9. The van der Waals surface area contributed by atoms with E-state index >= 15 is 0 Å². The number of halogens is 1. The number of nitrogens with zero attached hydrogens (tertiary/aromatic N) is 2. The fraction of sp³-hybridized carbons (Fsp3) is 0.0435. The van der Waals surface area contributed by atoms with Crippen LogP contribution in [0.25, 0.3) is 16.7 Å². The fourth-order valence-corrected chi connectivity index (χ4v) is 8.68. The number of H-pyrrole nitrogens is 2. The molecule has 3 aliphatic heterocycles. The third-order valence-corrected chi connectivity index (χ3v) is 11.0. The molecular formula is C46H31ClN4O. The number of aromatic amines is 2. The van der Waals surface area contributed by atoms with Gasteiger partial charge in [-0.25, -0.2) is 4.99 Å². The lowest BCUT2D eigenvalue weighted by Gasteiger charge is -2.31. The predicted molar refractivity (Wildman–Crippen MR) is 208 cm³/mol. The van der Waals surface area contributed by atoms with Crippen LogP contribution in [-0.4, -0.2) is 31.5 Å². The lowest BCUT2D eigenvalue weighted by Crippen LogP contribution is -2.38. The quantitative estimate of drug-likeness (QED) is 0.181. The summed E-state index contributed by atoms with van der Waals surface area (Å²) < 4.78 is 1.76. The van der Waals surface area contributed by atoms with E-state index in [9.17, 15) is 4.79 Å². The molecule has 0 saturated heterocycles. The van der Waals surface area contributed by atoms with Crippen molar-refractivity contribution in [2.75, 3.05) is 0 Å². The Morgan fingerprint density at radius 1 is 0.596 bits per heavy atom. The minimum atomic E-state index is -1.00. The van der Waals surface area contributed by atoms with Crippen molar-refractivity contribution in [3.63, 3.8) is 0 Å². The summed E-state index contributed by atoms with van der Waals surface area (Å²) >= 11 is 7.39. The van der Waals surface area contributed by atoms with E-state index in [0.717, 1.165) is 83.7 Å². The maximum Gasteiger partial charge on any atom is 0.250 e. The highest BCUT2D eigenvalue weighted by atomic mass is 35.5. The van der Waals surface area contributed by atoms with Crippen LogP contribution in [0, 0.1) is 0 Å². The van der Waals surface area contributed by atoms with Gasteiger partial charge < -0.3 is 9.97 Å². The minimum Gasteiger partial charge on any atom is -0.357 e. The first kappa shape index (κ1) is 30.4. The van der Waals surface area contributed by atoms with Gasteiger partial charge >= 0.3 is 0 Å². The summed E-state index contributed by atoms with van der Waals surface area (Å²) in [6, 6.07) is 51.8. The molecule has 5 nitrogen and oxygen atoms in total. The molecule has 10 rings (SSSR count). The summed E-state index contributed by atoms with van der Waals surface area (Å²) in [5.41, 5.74) is 11.1. The molecule has 0 amide bonds. The van der Waals surface area contributed by atoms with E-state index in [1.807, 2.05) is 66.9 Å². The van der Waals surface area contributed by atoms with Gasteiger partial charge in [-0.3, -0.25) is 9.36 Å². The summed E-state index contributed by atoms with van der Waals surface area (Å²) in [7, 11) is 0. The second-order valence-electron chi connectivity index (χ2n) is 13.4. The number of aliphatic imine (C=N–C) groups is 1. The molecule has 2 atom stereocenters. The van der Waals surface area contributed by atoms with E-state index in [1.54, 1.807) is 4.57 Å². The van der Waals surface area contributed by atoms with Gasteiger partial charge in [-0.15, -0.1) is 11.6 Å². The molecule has 4 aromatic carbocycles. The molecule has 52 heavy (non-hydrogen) atoms. The van der Waals surface area contributed by atoms with Crippen LogP contribution in [0.2, 0.25) is 0 Å². The Morgan fingerprint density at radius 3 is 1.83 bits per heavy atom. The molecule has 248 valence electrons. The van der Waals surface area contributed by atoms with Gasteiger partial charge in [0.05, 0.1) is 11.4 Å². The summed E-state index contributed by atoms with van der Waals surface area (Å²) in [6.07, 6.45) is 6.15. The Bertz CT molecular complexity index is 2750. The van der Waals surface area contributed by atoms with E-state index in [0.29, 0.717) is 0 Å². The van der Waals surface area contributed by atoms with Gasteiger partial charge in [0.2, 0.25) is 0 Å². The smallest absolute Gasteiger partial charge is 0.250 e. The summed E-state index contributed by atoms with van der Waals surface area (Å²) in [5.74, 6) is -0.169. The lowest BCUT2D eigenvalue weighted by atomic mass is 9.73. The molecule has 0 fully saturated rings. The molecule has 2 unspecified atom stereocenters. The van der Waals surface area contributed by atoms with E-state index < -0.39 is 10.8 Å². The van der Waals surface area contributed by atoms with Gasteiger partial charge in [0.15, 0.2) is 0 Å². The number of fused-ring (bicyclic) bond motifs is 7. The Hall–Kier alpha value is -6.43. The Morgan fingerprint density at radius 2 is 1.17 bits per heavy atom. The van der Waals surface area contributed by atoms with Gasteiger partial charge in [-0.2, -0.15) is 0 Å². The maximum atomic E-state index is 14.4. The molecule has 3 aromatic heterocycles. The number of benzene rings is 4. The SMILES string of the molecule is O=C1C(Cl)C2(c3ccccc3)c3ccc([nH]3)/C(c3ccccc3)=C3/C=CC(=N3)/C(c3ccccc3)=c3/cc/c([nH]3)=C(\c3ccccc3)c3cc2n1c3. The lowest BCUT2D eigenvalue weighted by molar-refractivity contribution is 0.0920. The Kier molecular flexibility index (Phi) is 6.92. The highest BCUT2D eigenvalue weighted by Gasteiger charge is 2.55. The van der Waals surface area contributed by atoms with Crippen molar-refractivity contribution in [3.8, 4) is 0 Å². The van der Waals surface area contributed by atoms with Crippen molar-refractivity contribution in [3.05, 3.63) is 231 Å². The number of rotatable bonds is 4. The number of aromatic nitrogens is 3. The third kappa shape index (κ3) is 4.49. The minimum absolute atomic E-state index is 0.169. The predicted octanol–water partition coefficient (Wildman–Crippen LogP) is 7.97. The normalized spacial score (nSPS) is 22.5. The molecule has 0 radical (unpaired) electrons. The monoisotopic (exact) mass is 690 g/mol. The van der Waals surface area contributed by atoms with Crippen LogP contribution in [0.4, 0.5) is 0 Å². The van der Waals surface area contributed by atoms with Crippen LogP contribution < -0.4 is 10.7 Å². The van der Waals surface area contributed by atoms with Gasteiger partial charge in [0, 0.05) is 56.3 Å². The van der Waals surface area contributed by atoms with Crippen LogP contribution in [-0.2, 0) is 5.41 Å². The zero-order chi connectivity index (χ0) is 34.8. The van der Waals surface area contributed by atoms with Crippen molar-refractivity contribution < 1.29 is 4.79 Å². The molecule has 8 bridgehead atoms. The largest absolute Gasteiger partial charge is 0.357 e. The zero-order valence-corrected chi connectivity index (χ0v) is 28.7. The maximum absolute atomic E-state index is 14.4. The number of hydrogen-bond donors (Lipinski definition) is 2. The van der Waals surface area contributed by atoms with Crippen LogP contribution in [0.5, 0.6) is 0 Å². The van der Waals surface area contributed by atoms with Crippen LogP contribution in [0.15, 0.2) is 181 Å². The van der Waals surface area contributed by atoms with Crippen LogP contribution in [0.3, 0.4) is 0 Å². The first-order valence-corrected chi connectivity index (χ1v) is 17.8. The van der Waals surface area contributed by atoms with Gasteiger partial charge in [0.1, 0.15) is 10.8 Å². The van der Waals surface area contributed by atoms with Crippen molar-refractivity contribution in [1.29, 1.82) is 0 Å². The van der Waals surface area contributed by atoms with Crippen molar-refractivity contribution in [1.82, 2.24) is 14.5 Å². The molecule has 7 aromatic rings. The summed E-state index contributed by atoms with van der Waals surface area (Å²) in [6.45, 7) is 0. The number of carbonyl (C=O) groups excluding carboxylic acids is 1. The number of carbonyl (C=O) groups is 1. The summed E-state index contributed by atoms with van der Waals surface area (Å²) in [5, 5.41) is 0.974. The van der Waals surface area contributed by atoms with Crippen molar-refractivity contribution >= 4 is 39.9 Å². The first-order valence-electron chi connectivity index (χ1n) is 17.4. The molecule has 2 N–H and O–H groups in total. The second kappa shape index (κ2) is 11.8. The van der Waals surface area contributed by atoms with Crippen LogP contribution >= 0.6 is 11.6 Å². The standard InChI is InChI=1S/C46H31ClN4O/c47-44-45(52)51-28-32-27-40(51)46(44,33-19-11-4-12-20-33)39-26-25-38(50-39)43(31-17-9-3-10-18-31)37-24-23-36(49-37)42(30-15-7-2-8-16-30)35-22-21-34(48-35)41(32)29-13-5-1-6-14-29/h1-28,44,48,50H/b41-34-,42-35-,43-37-. The van der Waals surface area contributed by atoms with E-state index in [2.05, 4.69) is 113 Å². The van der Waals surface area contributed by atoms with Gasteiger partial charge in [-0.1, -0.05) is 121 Å². The Labute approximate surface area is 305 Å². The van der Waals surface area contributed by atoms with Crippen molar-refractivity contribution in [2.45, 2.75) is 10.8 Å². The molecule has 0 aliphatic carbocycles. The molecular weight excluding hydrogens is 660 g/mol.